The number of nitrogens with one attached hydrogen (secondary N) is 2. The number of hydrogen-bond acceptors (Lipinski definition) is 5. The lowest BCUT2D eigenvalue weighted by atomic mass is 10.1. The number of aliphatic hydroxyl groups excluding tert-OH is 1. The monoisotopic (exact) mass is 276 g/mol. The van der Waals surface area contributed by atoms with Crippen molar-refractivity contribution in [2.45, 2.75) is 19.4 Å². The summed E-state index contributed by atoms with van der Waals surface area (Å²) in [6, 6.07) is 6.72. The predicted octanol–water partition coefficient (Wildman–Crippen LogP) is 1.49. The normalized spacial score (nSPS) is 11.9. The quantitative estimate of drug-likeness (QED) is 0.768. The maximum atomic E-state index is 11.7. The maximum Gasteiger partial charge on any atom is 0.319 e. The minimum atomic E-state index is -0.572. The van der Waals surface area contributed by atoms with Crippen molar-refractivity contribution in [3.63, 3.8) is 0 Å². The Morgan fingerprint density at radius 1 is 1.50 bits per heavy atom. The van der Waals surface area contributed by atoms with Crippen LogP contribution in [0.5, 0.6) is 0 Å². The van der Waals surface area contributed by atoms with Crippen molar-refractivity contribution in [2.75, 3.05) is 11.9 Å². The van der Waals surface area contributed by atoms with Gasteiger partial charge in [0.1, 0.15) is 0 Å². The van der Waals surface area contributed by atoms with E-state index < -0.39 is 6.10 Å². The zero-order valence-electron chi connectivity index (χ0n) is 11.0. The Balaban J connectivity index is 1.80. The number of carbonyl (C=O) groups is 1. The van der Waals surface area contributed by atoms with Gasteiger partial charge in [-0.1, -0.05) is 17.3 Å². The van der Waals surface area contributed by atoms with Crippen LogP contribution in [0.25, 0.3) is 0 Å². The molecule has 0 aliphatic carbocycles. The molecule has 1 heterocycles. The van der Waals surface area contributed by atoms with Gasteiger partial charge in [-0.05, 0) is 24.6 Å². The van der Waals surface area contributed by atoms with Gasteiger partial charge in [-0.2, -0.15) is 4.98 Å². The first kappa shape index (κ1) is 14.0. The van der Waals surface area contributed by atoms with E-state index in [0.29, 0.717) is 24.5 Å². The second-order valence-electron chi connectivity index (χ2n) is 4.27. The van der Waals surface area contributed by atoms with Crippen molar-refractivity contribution in [2.24, 2.45) is 0 Å². The first-order valence-electron chi connectivity index (χ1n) is 6.23. The van der Waals surface area contributed by atoms with Gasteiger partial charge in [0, 0.05) is 18.7 Å². The Morgan fingerprint density at radius 2 is 2.35 bits per heavy atom. The van der Waals surface area contributed by atoms with Gasteiger partial charge in [0.15, 0.2) is 6.33 Å². The van der Waals surface area contributed by atoms with Gasteiger partial charge < -0.3 is 20.3 Å². The molecule has 0 aliphatic heterocycles. The second-order valence-corrected chi connectivity index (χ2v) is 4.27. The molecule has 0 saturated carbocycles. The molecule has 0 radical (unpaired) electrons. The molecule has 0 bridgehead atoms. The van der Waals surface area contributed by atoms with Gasteiger partial charge in [0.25, 0.3) is 0 Å². The van der Waals surface area contributed by atoms with Gasteiger partial charge in [0.05, 0.1) is 6.10 Å². The smallest absolute Gasteiger partial charge is 0.319 e. The molecule has 7 heteroatoms. The molecule has 0 aliphatic rings. The molecule has 1 unspecified atom stereocenters. The molecule has 2 aromatic rings. The zero-order valence-corrected chi connectivity index (χ0v) is 11.0. The lowest BCUT2D eigenvalue weighted by Crippen LogP contribution is -2.30. The Kier molecular flexibility index (Phi) is 4.67. The fourth-order valence-corrected chi connectivity index (χ4v) is 1.64. The summed E-state index contributed by atoms with van der Waals surface area (Å²) in [6.45, 7) is 2.06. The molecule has 106 valence electrons. The molecular weight excluding hydrogens is 260 g/mol. The molecule has 0 saturated heterocycles. The number of nitrogens with zero attached hydrogens (tertiary/aromatic N) is 2. The molecule has 1 atom stereocenters. The summed E-state index contributed by atoms with van der Waals surface area (Å²) in [5, 5.41) is 18.3. The summed E-state index contributed by atoms with van der Waals surface area (Å²) in [5.74, 6) is 0.474. The van der Waals surface area contributed by atoms with Crippen LogP contribution in [0.3, 0.4) is 0 Å². The van der Waals surface area contributed by atoms with Gasteiger partial charge in [0.2, 0.25) is 5.89 Å². The fourth-order valence-electron chi connectivity index (χ4n) is 1.64. The number of aliphatic hydroxyl groups is 1. The van der Waals surface area contributed by atoms with Crippen LogP contribution in [-0.2, 0) is 6.42 Å². The third kappa shape index (κ3) is 4.06. The predicted molar refractivity (Wildman–Crippen MR) is 72.1 cm³/mol. The Labute approximate surface area is 116 Å². The Hall–Kier alpha value is -2.41. The summed E-state index contributed by atoms with van der Waals surface area (Å²) in [6.07, 6.45) is 1.22. The van der Waals surface area contributed by atoms with Crippen LogP contribution < -0.4 is 10.6 Å². The number of hydrogen-bond donors (Lipinski definition) is 3. The zero-order chi connectivity index (χ0) is 14.4. The third-order valence-corrected chi connectivity index (χ3v) is 2.66. The van der Waals surface area contributed by atoms with Crippen molar-refractivity contribution < 1.29 is 14.4 Å². The Bertz CT molecular complexity index is 555. The lowest BCUT2D eigenvalue weighted by Gasteiger charge is -2.09. The van der Waals surface area contributed by atoms with E-state index in [0.717, 1.165) is 5.56 Å². The fraction of sp³-hybridized carbons (Fsp3) is 0.308. The van der Waals surface area contributed by atoms with Crippen LogP contribution in [0.1, 0.15) is 24.5 Å². The van der Waals surface area contributed by atoms with Crippen LogP contribution in [0.4, 0.5) is 10.5 Å². The summed E-state index contributed by atoms with van der Waals surface area (Å²) >= 11 is 0. The van der Waals surface area contributed by atoms with Crippen LogP contribution in [0, 0.1) is 0 Å². The average molecular weight is 276 g/mol. The summed E-state index contributed by atoms with van der Waals surface area (Å²) in [7, 11) is 0. The van der Waals surface area contributed by atoms with Crippen molar-refractivity contribution >= 4 is 11.7 Å². The van der Waals surface area contributed by atoms with Gasteiger partial charge in [-0.25, -0.2) is 4.79 Å². The minimum absolute atomic E-state index is 0.327. The lowest BCUT2D eigenvalue weighted by molar-refractivity contribution is 0.199. The van der Waals surface area contributed by atoms with E-state index >= 15 is 0 Å². The molecule has 3 N–H and O–H groups in total. The number of carbonyl (C=O) groups excluding carboxylic acids is 1. The highest BCUT2D eigenvalue weighted by Crippen LogP contribution is 2.16. The molecule has 2 amide bonds. The van der Waals surface area contributed by atoms with E-state index in [9.17, 15) is 9.90 Å². The number of benzene rings is 1. The molecule has 0 fully saturated rings. The number of anilines is 1. The highest BCUT2D eigenvalue weighted by atomic mass is 16.5. The van der Waals surface area contributed by atoms with Crippen LogP contribution in [-0.4, -0.2) is 27.8 Å². The van der Waals surface area contributed by atoms with Crippen molar-refractivity contribution in [3.8, 4) is 0 Å². The van der Waals surface area contributed by atoms with Crippen LogP contribution in [0.15, 0.2) is 35.1 Å². The molecule has 7 nitrogen and oxygen atoms in total. The van der Waals surface area contributed by atoms with E-state index in [1.807, 2.05) is 0 Å². The molecule has 2 rings (SSSR count). The number of amides is 2. The summed E-state index contributed by atoms with van der Waals surface area (Å²) in [4.78, 5) is 15.5. The van der Waals surface area contributed by atoms with E-state index in [1.54, 1.807) is 31.2 Å². The average Bonchev–Trinajstić information content (AvgIpc) is 2.92. The highest BCUT2D eigenvalue weighted by molar-refractivity contribution is 5.89. The van der Waals surface area contributed by atoms with E-state index in [4.69, 9.17) is 4.52 Å². The second kappa shape index (κ2) is 6.67. The highest BCUT2D eigenvalue weighted by Gasteiger charge is 2.05. The van der Waals surface area contributed by atoms with Gasteiger partial charge in [-0.15, -0.1) is 0 Å². The molecule has 1 aromatic heterocycles. The SMILES string of the molecule is CC(O)c1cccc(NC(=O)NCCc2ncno2)c1. The number of rotatable bonds is 5. The van der Waals surface area contributed by atoms with Crippen molar-refractivity contribution in [1.29, 1.82) is 0 Å². The van der Waals surface area contributed by atoms with Crippen LogP contribution >= 0.6 is 0 Å². The summed E-state index contributed by atoms with van der Waals surface area (Å²) in [5.41, 5.74) is 1.37. The van der Waals surface area contributed by atoms with Crippen molar-refractivity contribution in [3.05, 3.63) is 42.0 Å². The van der Waals surface area contributed by atoms with Gasteiger partial charge in [-0.3, -0.25) is 0 Å². The van der Waals surface area contributed by atoms with Crippen LogP contribution in [0.2, 0.25) is 0 Å². The summed E-state index contributed by atoms with van der Waals surface area (Å²) < 4.78 is 4.82. The van der Waals surface area contributed by atoms with E-state index in [-0.39, 0.29) is 6.03 Å². The maximum absolute atomic E-state index is 11.7. The minimum Gasteiger partial charge on any atom is -0.389 e. The molecule has 20 heavy (non-hydrogen) atoms. The van der Waals surface area contributed by atoms with Gasteiger partial charge >= 0.3 is 6.03 Å². The van der Waals surface area contributed by atoms with E-state index in [2.05, 4.69) is 20.8 Å². The molecular formula is C13H16N4O3. The number of aromatic nitrogens is 2. The standard InChI is InChI=1S/C13H16N4O3/c1-9(18)10-3-2-4-11(7-10)17-13(19)14-6-5-12-15-8-16-20-12/h2-4,7-9,18H,5-6H2,1H3,(H2,14,17,19). The number of urea groups is 1. The molecule has 0 spiro atoms. The topological polar surface area (TPSA) is 100 Å². The first-order chi connectivity index (χ1) is 9.65. The van der Waals surface area contributed by atoms with Crippen molar-refractivity contribution in [1.82, 2.24) is 15.5 Å². The Morgan fingerprint density at radius 3 is 3.05 bits per heavy atom. The third-order valence-electron chi connectivity index (χ3n) is 2.66. The molecule has 1 aromatic carbocycles. The largest absolute Gasteiger partial charge is 0.389 e. The van der Waals surface area contributed by atoms with E-state index in [1.165, 1.54) is 6.33 Å². The first-order valence-corrected chi connectivity index (χ1v) is 6.23.